The van der Waals surface area contributed by atoms with Gasteiger partial charge in [-0.3, -0.25) is 4.79 Å². The standard InChI is InChI=1S/C20H32N4O/c1-4-9-16-14-24(15-18(16)22(2)3)19-17(10-8-11-21-19)20(25)23-12-6-5-7-13-23/h8,10-11,16,18H,4-7,9,12-15H2,1-3H3. The highest BCUT2D eigenvalue weighted by atomic mass is 16.2. The first kappa shape index (κ1) is 18.2. The van der Waals surface area contributed by atoms with Crippen LogP contribution in [0.4, 0.5) is 5.82 Å². The van der Waals surface area contributed by atoms with Crippen LogP contribution in [0.2, 0.25) is 0 Å². The second kappa shape index (κ2) is 8.17. The van der Waals surface area contributed by atoms with Gasteiger partial charge in [-0.25, -0.2) is 4.98 Å². The highest BCUT2D eigenvalue weighted by Crippen LogP contribution is 2.30. The molecule has 0 aliphatic carbocycles. The van der Waals surface area contributed by atoms with Gasteiger partial charge in [0.2, 0.25) is 0 Å². The monoisotopic (exact) mass is 344 g/mol. The first-order chi connectivity index (χ1) is 12.1. The Morgan fingerprint density at radius 2 is 2.00 bits per heavy atom. The number of hydrogen-bond acceptors (Lipinski definition) is 4. The molecule has 3 heterocycles. The maximum Gasteiger partial charge on any atom is 0.257 e. The molecule has 1 amide bonds. The van der Waals surface area contributed by atoms with E-state index in [1.165, 1.54) is 19.3 Å². The van der Waals surface area contributed by atoms with Gasteiger partial charge in [0.05, 0.1) is 5.56 Å². The minimum absolute atomic E-state index is 0.156. The molecule has 2 saturated heterocycles. The Kier molecular flexibility index (Phi) is 5.94. The van der Waals surface area contributed by atoms with Crippen LogP contribution in [-0.2, 0) is 0 Å². The molecular weight excluding hydrogens is 312 g/mol. The zero-order valence-electron chi connectivity index (χ0n) is 15.9. The van der Waals surface area contributed by atoms with Gasteiger partial charge in [-0.15, -0.1) is 0 Å². The number of likely N-dealkylation sites (tertiary alicyclic amines) is 1. The minimum atomic E-state index is 0.156. The second-order valence-corrected chi connectivity index (χ2v) is 7.71. The molecule has 0 N–H and O–H groups in total. The van der Waals surface area contributed by atoms with Crippen LogP contribution in [0.25, 0.3) is 0 Å². The molecule has 0 spiro atoms. The zero-order chi connectivity index (χ0) is 17.8. The highest BCUT2D eigenvalue weighted by Gasteiger charge is 2.36. The molecule has 2 atom stereocenters. The number of hydrogen-bond donors (Lipinski definition) is 0. The van der Waals surface area contributed by atoms with Gasteiger partial charge in [0, 0.05) is 38.4 Å². The van der Waals surface area contributed by atoms with E-state index >= 15 is 0 Å². The van der Waals surface area contributed by atoms with E-state index in [0.717, 1.165) is 50.4 Å². The van der Waals surface area contributed by atoms with E-state index in [0.29, 0.717) is 12.0 Å². The summed E-state index contributed by atoms with van der Waals surface area (Å²) in [5, 5.41) is 0. The highest BCUT2D eigenvalue weighted by molar-refractivity contribution is 5.99. The average Bonchev–Trinajstić information content (AvgIpc) is 3.06. The number of rotatable bonds is 5. The fourth-order valence-corrected chi connectivity index (χ4v) is 4.35. The molecule has 2 fully saturated rings. The van der Waals surface area contributed by atoms with E-state index in [1.54, 1.807) is 0 Å². The van der Waals surface area contributed by atoms with Crippen LogP contribution in [0, 0.1) is 5.92 Å². The Labute approximate surface area is 152 Å². The number of likely N-dealkylation sites (N-methyl/N-ethyl adjacent to an activating group) is 1. The van der Waals surface area contributed by atoms with Crippen LogP contribution in [-0.4, -0.2) is 67.0 Å². The predicted octanol–water partition coefficient (Wildman–Crippen LogP) is 2.87. The van der Waals surface area contributed by atoms with Crippen molar-refractivity contribution in [2.45, 2.75) is 45.1 Å². The van der Waals surface area contributed by atoms with E-state index in [1.807, 2.05) is 23.2 Å². The van der Waals surface area contributed by atoms with E-state index in [4.69, 9.17) is 0 Å². The van der Waals surface area contributed by atoms with Gasteiger partial charge >= 0.3 is 0 Å². The molecule has 0 saturated carbocycles. The summed E-state index contributed by atoms with van der Waals surface area (Å²) >= 11 is 0. The predicted molar refractivity (Wildman–Crippen MR) is 102 cm³/mol. The number of anilines is 1. The van der Waals surface area contributed by atoms with E-state index in [9.17, 15) is 4.79 Å². The molecule has 138 valence electrons. The lowest BCUT2D eigenvalue weighted by Gasteiger charge is -2.29. The Hall–Kier alpha value is -1.62. The number of amides is 1. The first-order valence-electron chi connectivity index (χ1n) is 9.77. The molecule has 3 rings (SSSR count). The number of nitrogens with zero attached hydrogens (tertiary/aromatic N) is 4. The maximum absolute atomic E-state index is 13.0. The summed E-state index contributed by atoms with van der Waals surface area (Å²) < 4.78 is 0. The molecular formula is C20H32N4O. The van der Waals surface area contributed by atoms with Gasteiger partial charge in [-0.1, -0.05) is 13.3 Å². The lowest BCUT2D eigenvalue weighted by molar-refractivity contribution is 0.0724. The van der Waals surface area contributed by atoms with Crippen molar-refractivity contribution in [1.82, 2.24) is 14.8 Å². The first-order valence-corrected chi connectivity index (χ1v) is 9.77. The van der Waals surface area contributed by atoms with E-state index in [2.05, 4.69) is 35.8 Å². The molecule has 0 radical (unpaired) electrons. The number of pyridine rings is 1. The van der Waals surface area contributed by atoms with Gasteiger partial charge in [-0.2, -0.15) is 0 Å². The van der Waals surface area contributed by atoms with Gasteiger partial charge in [0.15, 0.2) is 0 Å². The molecule has 2 aliphatic heterocycles. The SMILES string of the molecule is CCCC1CN(c2ncccc2C(=O)N2CCCCC2)CC1N(C)C. The van der Waals surface area contributed by atoms with Crippen molar-refractivity contribution < 1.29 is 4.79 Å². The molecule has 2 aliphatic rings. The zero-order valence-corrected chi connectivity index (χ0v) is 15.9. The minimum Gasteiger partial charge on any atom is -0.354 e. The molecule has 0 aromatic carbocycles. The van der Waals surface area contributed by atoms with Gasteiger partial charge in [-0.05, 0) is 57.8 Å². The van der Waals surface area contributed by atoms with Gasteiger partial charge in [0.25, 0.3) is 5.91 Å². The van der Waals surface area contributed by atoms with Gasteiger partial charge < -0.3 is 14.7 Å². The lowest BCUT2D eigenvalue weighted by Crippen LogP contribution is -2.37. The second-order valence-electron chi connectivity index (χ2n) is 7.71. The normalized spacial score (nSPS) is 24.2. The van der Waals surface area contributed by atoms with Crippen LogP contribution in [0.3, 0.4) is 0 Å². The van der Waals surface area contributed by atoms with E-state index in [-0.39, 0.29) is 5.91 Å². The lowest BCUT2D eigenvalue weighted by atomic mass is 9.98. The molecule has 25 heavy (non-hydrogen) atoms. The van der Waals surface area contributed by atoms with Crippen LogP contribution >= 0.6 is 0 Å². The van der Waals surface area contributed by atoms with Crippen molar-refractivity contribution in [3.05, 3.63) is 23.9 Å². The maximum atomic E-state index is 13.0. The summed E-state index contributed by atoms with van der Waals surface area (Å²) in [6.45, 7) is 5.96. The Balaban J connectivity index is 1.82. The molecule has 1 aromatic heterocycles. The quantitative estimate of drug-likeness (QED) is 0.823. The van der Waals surface area contributed by atoms with Crippen molar-refractivity contribution in [3.63, 3.8) is 0 Å². The van der Waals surface area contributed by atoms with Crippen molar-refractivity contribution in [2.75, 3.05) is 45.2 Å². The van der Waals surface area contributed by atoms with Gasteiger partial charge in [0.1, 0.15) is 5.82 Å². The largest absolute Gasteiger partial charge is 0.354 e. The van der Waals surface area contributed by atoms with Crippen molar-refractivity contribution in [3.8, 4) is 0 Å². The van der Waals surface area contributed by atoms with Crippen LogP contribution in [0.1, 0.15) is 49.4 Å². The summed E-state index contributed by atoms with van der Waals surface area (Å²) in [6.07, 6.45) is 7.71. The Morgan fingerprint density at radius 1 is 1.24 bits per heavy atom. The molecule has 5 nitrogen and oxygen atoms in total. The fraction of sp³-hybridized carbons (Fsp3) is 0.700. The topological polar surface area (TPSA) is 39.7 Å². The molecule has 1 aromatic rings. The summed E-state index contributed by atoms with van der Waals surface area (Å²) in [4.78, 5) is 24.3. The van der Waals surface area contributed by atoms with Crippen molar-refractivity contribution in [1.29, 1.82) is 0 Å². The molecule has 0 bridgehead atoms. The van der Waals surface area contributed by atoms with E-state index < -0.39 is 0 Å². The summed E-state index contributed by atoms with van der Waals surface area (Å²) in [7, 11) is 4.32. The summed E-state index contributed by atoms with van der Waals surface area (Å²) in [6, 6.07) is 4.38. The third kappa shape index (κ3) is 3.97. The number of carbonyl (C=O) groups is 1. The average molecular weight is 345 g/mol. The van der Waals surface area contributed by atoms with Crippen LogP contribution in [0.5, 0.6) is 0 Å². The summed E-state index contributed by atoms with van der Waals surface area (Å²) in [5.74, 6) is 1.67. The van der Waals surface area contributed by atoms with Crippen LogP contribution < -0.4 is 4.90 Å². The number of piperidine rings is 1. The summed E-state index contributed by atoms with van der Waals surface area (Å²) in [5.41, 5.74) is 0.777. The Morgan fingerprint density at radius 3 is 2.68 bits per heavy atom. The number of aromatic nitrogens is 1. The molecule has 2 unspecified atom stereocenters. The Bertz CT molecular complexity index is 583. The fourth-order valence-electron chi connectivity index (χ4n) is 4.35. The van der Waals surface area contributed by atoms with Crippen molar-refractivity contribution >= 4 is 11.7 Å². The number of carbonyl (C=O) groups excluding carboxylic acids is 1. The molecule has 5 heteroatoms. The third-order valence-corrected chi connectivity index (χ3v) is 5.69. The third-order valence-electron chi connectivity index (χ3n) is 5.69. The van der Waals surface area contributed by atoms with Crippen LogP contribution in [0.15, 0.2) is 18.3 Å². The van der Waals surface area contributed by atoms with Crippen molar-refractivity contribution in [2.24, 2.45) is 5.92 Å². The smallest absolute Gasteiger partial charge is 0.257 e.